The number of carbonyl (C=O) groups excluding carboxylic acids is 2. The Labute approximate surface area is 114 Å². The van der Waals surface area contributed by atoms with Crippen LogP contribution < -0.4 is 0 Å². The molecule has 2 aliphatic rings. The zero-order chi connectivity index (χ0) is 14.3. The van der Waals surface area contributed by atoms with Crippen LogP contribution in [0, 0.1) is 0 Å². The molecule has 3 heterocycles. The van der Waals surface area contributed by atoms with E-state index in [0.29, 0.717) is 5.76 Å². The van der Waals surface area contributed by atoms with Crippen LogP contribution in [-0.4, -0.2) is 59.4 Å². The van der Waals surface area contributed by atoms with Crippen LogP contribution in [0.15, 0.2) is 38.3 Å². The molecule has 0 N–H and O–H groups in total. The van der Waals surface area contributed by atoms with Gasteiger partial charge in [-0.1, -0.05) is 5.22 Å². The molecule has 0 bridgehead atoms. The van der Waals surface area contributed by atoms with Crippen LogP contribution in [0.25, 0.3) is 0 Å². The summed E-state index contributed by atoms with van der Waals surface area (Å²) in [6, 6.07) is 2.28. The van der Waals surface area contributed by atoms with E-state index in [-0.39, 0.29) is 0 Å². The first-order valence-electron chi connectivity index (χ1n) is 5.91. The van der Waals surface area contributed by atoms with Crippen molar-refractivity contribution in [3.63, 3.8) is 0 Å². The van der Waals surface area contributed by atoms with E-state index in [1.165, 1.54) is 29.5 Å². The summed E-state index contributed by atoms with van der Waals surface area (Å²) in [4.78, 5) is 26.3. The van der Waals surface area contributed by atoms with E-state index in [9.17, 15) is 9.59 Å². The molecule has 2 unspecified atom stereocenters. The van der Waals surface area contributed by atoms with Crippen molar-refractivity contribution in [2.75, 3.05) is 14.1 Å². The maximum absolute atomic E-state index is 12.0. The van der Waals surface area contributed by atoms with Crippen molar-refractivity contribution in [3.8, 4) is 0 Å². The Morgan fingerprint density at radius 3 is 2.90 bits per heavy atom. The van der Waals surface area contributed by atoms with E-state index < -0.39 is 24.1 Å². The van der Waals surface area contributed by atoms with Crippen LogP contribution in [0.1, 0.15) is 5.76 Å². The molecule has 0 aromatic carbocycles. The molecular formula is C11H12N6O3. The first kappa shape index (κ1) is 12.3. The Bertz CT molecular complexity index is 595. The molecule has 1 aromatic rings. The van der Waals surface area contributed by atoms with Gasteiger partial charge in [0.15, 0.2) is 12.2 Å². The number of likely N-dealkylation sites (N-methyl/N-ethyl adjacent to an activating group) is 2. The van der Waals surface area contributed by atoms with Gasteiger partial charge in [-0.15, -0.1) is 5.12 Å². The highest BCUT2D eigenvalue weighted by Gasteiger charge is 2.50. The molecule has 20 heavy (non-hydrogen) atoms. The average Bonchev–Trinajstić information content (AvgIpc) is 3.09. The van der Waals surface area contributed by atoms with Crippen LogP contribution in [0.2, 0.25) is 0 Å². The number of imide groups is 1. The first-order valence-corrected chi connectivity index (χ1v) is 5.91. The molecule has 104 valence electrons. The molecule has 0 spiro atoms. The Morgan fingerprint density at radius 1 is 1.40 bits per heavy atom. The highest BCUT2D eigenvalue weighted by atomic mass is 16.3. The molecular weight excluding hydrogens is 264 g/mol. The topological polar surface area (TPSA) is 94.1 Å². The maximum Gasteiger partial charge on any atom is 0.328 e. The summed E-state index contributed by atoms with van der Waals surface area (Å²) < 4.78 is 5.11. The lowest BCUT2D eigenvalue weighted by Crippen LogP contribution is -2.63. The molecule has 0 saturated carbocycles. The van der Waals surface area contributed by atoms with Crippen molar-refractivity contribution in [2.45, 2.75) is 12.2 Å². The summed E-state index contributed by atoms with van der Waals surface area (Å²) >= 11 is 0. The highest BCUT2D eigenvalue weighted by Crippen LogP contribution is 2.27. The third kappa shape index (κ3) is 1.75. The summed E-state index contributed by atoms with van der Waals surface area (Å²) in [7, 11) is 3.00. The number of amides is 3. The number of nitrogens with zero attached hydrogens (tertiary/aromatic N) is 6. The lowest BCUT2D eigenvalue weighted by Gasteiger charge is -2.37. The van der Waals surface area contributed by atoms with E-state index >= 15 is 0 Å². The lowest BCUT2D eigenvalue weighted by atomic mass is 10.1. The van der Waals surface area contributed by atoms with Crippen LogP contribution in [-0.2, 0) is 4.79 Å². The van der Waals surface area contributed by atoms with Gasteiger partial charge in [0.2, 0.25) is 0 Å². The predicted molar refractivity (Wildman–Crippen MR) is 66.5 cm³/mol. The van der Waals surface area contributed by atoms with Gasteiger partial charge in [-0.25, -0.2) is 4.79 Å². The number of rotatable bonds is 2. The van der Waals surface area contributed by atoms with Gasteiger partial charge < -0.3 is 9.32 Å². The number of hydrogen-bond donors (Lipinski definition) is 0. The van der Waals surface area contributed by atoms with Gasteiger partial charge in [0.25, 0.3) is 5.91 Å². The molecule has 2 atom stereocenters. The average molecular weight is 276 g/mol. The van der Waals surface area contributed by atoms with Gasteiger partial charge in [0.1, 0.15) is 5.76 Å². The fraction of sp³-hybridized carbons (Fsp3) is 0.364. The van der Waals surface area contributed by atoms with Gasteiger partial charge in [-0.2, -0.15) is 10.2 Å². The number of fused-ring (bicyclic) bond motifs is 1. The minimum atomic E-state index is -0.753. The summed E-state index contributed by atoms with van der Waals surface area (Å²) in [6.07, 6.45) is 2.32. The van der Waals surface area contributed by atoms with Crippen molar-refractivity contribution in [1.82, 2.24) is 14.9 Å². The molecule has 1 aromatic heterocycles. The third-order valence-corrected chi connectivity index (χ3v) is 3.20. The van der Waals surface area contributed by atoms with Crippen LogP contribution >= 0.6 is 0 Å². The van der Waals surface area contributed by atoms with E-state index in [1.54, 1.807) is 19.2 Å². The Morgan fingerprint density at radius 2 is 2.20 bits per heavy atom. The van der Waals surface area contributed by atoms with Crippen molar-refractivity contribution in [3.05, 3.63) is 24.2 Å². The maximum atomic E-state index is 12.0. The zero-order valence-corrected chi connectivity index (χ0v) is 10.9. The third-order valence-electron chi connectivity index (χ3n) is 3.20. The minimum Gasteiger partial charge on any atom is -0.463 e. The zero-order valence-electron chi connectivity index (χ0n) is 10.9. The van der Waals surface area contributed by atoms with Gasteiger partial charge in [-0.3, -0.25) is 9.69 Å². The molecule has 3 amide bonds. The standard InChI is InChI=1S/C11H12N6O3/c1-15-9-8(10(18)16(2)11(15)19)13-14-17(9)12-6-7-4-3-5-20-7/h3-6,8-9H,1-2H3. The molecule has 3 rings (SSSR count). The van der Waals surface area contributed by atoms with E-state index in [1.807, 2.05) is 0 Å². The van der Waals surface area contributed by atoms with Crippen LogP contribution in [0.3, 0.4) is 0 Å². The van der Waals surface area contributed by atoms with Gasteiger partial charge in [0, 0.05) is 14.1 Å². The van der Waals surface area contributed by atoms with Gasteiger partial charge in [0.05, 0.1) is 12.5 Å². The smallest absolute Gasteiger partial charge is 0.328 e. The van der Waals surface area contributed by atoms with Crippen molar-refractivity contribution in [2.24, 2.45) is 15.4 Å². The number of urea groups is 1. The molecule has 9 heteroatoms. The van der Waals surface area contributed by atoms with E-state index in [4.69, 9.17) is 4.42 Å². The SMILES string of the molecule is CN1C(=O)C2N=NN(N=Cc3ccco3)C2N(C)C1=O. The number of carbonyl (C=O) groups is 2. The van der Waals surface area contributed by atoms with Crippen molar-refractivity contribution in [1.29, 1.82) is 0 Å². The Kier molecular flexibility index (Phi) is 2.74. The fourth-order valence-corrected chi connectivity index (χ4v) is 2.11. The van der Waals surface area contributed by atoms with Crippen LogP contribution in [0.4, 0.5) is 4.79 Å². The van der Waals surface area contributed by atoms with E-state index in [2.05, 4.69) is 15.4 Å². The Balaban J connectivity index is 1.84. The van der Waals surface area contributed by atoms with Gasteiger partial charge >= 0.3 is 6.03 Å². The van der Waals surface area contributed by atoms with Gasteiger partial charge in [-0.05, 0) is 12.1 Å². The van der Waals surface area contributed by atoms with Crippen LogP contribution in [0.5, 0.6) is 0 Å². The molecule has 1 fully saturated rings. The van der Waals surface area contributed by atoms with E-state index in [0.717, 1.165) is 4.90 Å². The second-order valence-corrected chi connectivity index (χ2v) is 4.43. The second kappa shape index (κ2) is 4.44. The summed E-state index contributed by atoms with van der Waals surface area (Å²) in [5.74, 6) is 0.148. The molecule has 9 nitrogen and oxygen atoms in total. The lowest BCUT2D eigenvalue weighted by molar-refractivity contribution is -0.134. The second-order valence-electron chi connectivity index (χ2n) is 4.43. The predicted octanol–water partition coefficient (Wildman–Crippen LogP) is 0.515. The molecule has 0 aliphatic carbocycles. The summed E-state index contributed by atoms with van der Waals surface area (Å²) in [5, 5.41) is 13.0. The summed E-state index contributed by atoms with van der Waals surface area (Å²) in [6.45, 7) is 0. The first-order chi connectivity index (χ1) is 9.59. The molecule has 1 saturated heterocycles. The fourth-order valence-electron chi connectivity index (χ4n) is 2.11. The summed E-state index contributed by atoms with van der Waals surface area (Å²) in [5.41, 5.74) is 0. The number of hydrazone groups is 1. The Hall–Kier alpha value is -2.71. The quantitative estimate of drug-likeness (QED) is 0.735. The normalized spacial score (nSPS) is 26.0. The van der Waals surface area contributed by atoms with Crippen molar-refractivity contribution < 1.29 is 14.0 Å². The largest absolute Gasteiger partial charge is 0.463 e. The minimum absolute atomic E-state index is 0.391. The number of furan rings is 1. The number of hydrogen-bond acceptors (Lipinski definition) is 7. The molecule has 0 radical (unpaired) electrons. The monoisotopic (exact) mass is 276 g/mol. The van der Waals surface area contributed by atoms with Crippen molar-refractivity contribution >= 4 is 18.2 Å². The molecule has 2 aliphatic heterocycles. The highest BCUT2D eigenvalue weighted by molar-refractivity contribution is 6.00.